The van der Waals surface area contributed by atoms with Gasteiger partial charge in [0.05, 0.1) is 18.8 Å². The fraction of sp³-hybridized carbons (Fsp3) is 0.562. The monoisotopic (exact) mass is 379 g/mol. The highest BCUT2D eigenvalue weighted by atomic mass is 32.1. The first-order valence-electron chi connectivity index (χ1n) is 8.44. The normalized spacial score (nSPS) is 14.9. The van der Waals surface area contributed by atoms with Gasteiger partial charge in [0.15, 0.2) is 11.0 Å². The first kappa shape index (κ1) is 18.5. The van der Waals surface area contributed by atoms with E-state index in [1.54, 1.807) is 18.9 Å². The number of anilines is 1. The molecule has 0 spiro atoms. The van der Waals surface area contributed by atoms with Gasteiger partial charge in [0.25, 0.3) is 0 Å². The van der Waals surface area contributed by atoms with Crippen LogP contribution in [0.3, 0.4) is 0 Å². The van der Waals surface area contributed by atoms with Crippen molar-refractivity contribution >= 4 is 28.3 Å². The number of carbonyl (C=O) groups is 2. The number of aromatic nitrogens is 3. The van der Waals surface area contributed by atoms with E-state index in [-0.39, 0.29) is 22.5 Å². The third-order valence-electron chi connectivity index (χ3n) is 4.25. The smallest absolute Gasteiger partial charge is 0.347 e. The summed E-state index contributed by atoms with van der Waals surface area (Å²) >= 11 is 0.944. The predicted molar refractivity (Wildman–Crippen MR) is 94.3 cm³/mol. The molecule has 0 bridgehead atoms. The number of carboxylic acids is 1. The van der Waals surface area contributed by atoms with Crippen LogP contribution in [0.5, 0.6) is 0 Å². The Balaban J connectivity index is 1.51. The van der Waals surface area contributed by atoms with Crippen molar-refractivity contribution in [3.63, 3.8) is 0 Å². The first-order chi connectivity index (χ1) is 12.4. The molecule has 0 saturated heterocycles. The average molecular weight is 379 g/mol. The van der Waals surface area contributed by atoms with Crippen LogP contribution in [0, 0.1) is 6.92 Å². The Labute approximate surface area is 154 Å². The highest BCUT2D eigenvalue weighted by Gasteiger charge is 2.23. The summed E-state index contributed by atoms with van der Waals surface area (Å²) in [5, 5.41) is 15.9. The van der Waals surface area contributed by atoms with Gasteiger partial charge in [-0.1, -0.05) is 29.3 Å². The lowest BCUT2D eigenvalue weighted by atomic mass is 10.1. The minimum absolute atomic E-state index is 0.105. The molecule has 9 nitrogen and oxygen atoms in total. The van der Waals surface area contributed by atoms with Crippen LogP contribution in [-0.2, 0) is 11.3 Å². The van der Waals surface area contributed by atoms with Gasteiger partial charge in [-0.15, -0.1) is 0 Å². The van der Waals surface area contributed by atoms with Crippen molar-refractivity contribution in [3.05, 3.63) is 22.3 Å². The summed E-state index contributed by atoms with van der Waals surface area (Å²) in [5.41, 5.74) is 0.386. The number of hydrogen-bond acceptors (Lipinski definition) is 8. The van der Waals surface area contributed by atoms with E-state index in [0.717, 1.165) is 24.2 Å². The largest absolute Gasteiger partial charge is 0.477 e. The molecule has 26 heavy (non-hydrogen) atoms. The van der Waals surface area contributed by atoms with Gasteiger partial charge in [-0.2, -0.15) is 4.98 Å². The van der Waals surface area contributed by atoms with Crippen LogP contribution in [0.15, 0.2) is 4.52 Å². The number of thiazole rings is 1. The Kier molecular flexibility index (Phi) is 5.62. The third-order valence-corrected chi connectivity index (χ3v) is 5.31. The van der Waals surface area contributed by atoms with Crippen molar-refractivity contribution in [2.45, 2.75) is 45.1 Å². The molecule has 1 fully saturated rings. The molecule has 0 aromatic carbocycles. The second-order valence-electron chi connectivity index (χ2n) is 6.49. The van der Waals surface area contributed by atoms with Crippen LogP contribution in [0.2, 0.25) is 0 Å². The molecule has 10 heteroatoms. The summed E-state index contributed by atoms with van der Waals surface area (Å²) in [5.74, 6) is 0.280. The quantitative estimate of drug-likeness (QED) is 0.751. The standard InChI is InChI=1S/C16H21N5O4S/c1-9-13(15(23)24)26-16(17-9)19-12(22)8-21(2)7-11-18-14(25-20-11)10-5-3-4-6-10/h10H,3-8H2,1-2H3,(H,23,24)(H,17,19,22). The lowest BCUT2D eigenvalue weighted by Crippen LogP contribution is -2.30. The van der Waals surface area contributed by atoms with E-state index >= 15 is 0 Å². The maximum absolute atomic E-state index is 12.1. The van der Waals surface area contributed by atoms with E-state index in [0.29, 0.717) is 29.9 Å². The van der Waals surface area contributed by atoms with E-state index in [2.05, 4.69) is 20.4 Å². The highest BCUT2D eigenvalue weighted by Crippen LogP contribution is 2.32. The lowest BCUT2D eigenvalue weighted by Gasteiger charge is -2.13. The number of nitrogens with one attached hydrogen (secondary N) is 1. The van der Waals surface area contributed by atoms with Crippen molar-refractivity contribution in [2.75, 3.05) is 18.9 Å². The van der Waals surface area contributed by atoms with E-state index in [1.165, 1.54) is 12.8 Å². The zero-order chi connectivity index (χ0) is 18.7. The van der Waals surface area contributed by atoms with Crippen molar-refractivity contribution in [1.82, 2.24) is 20.0 Å². The zero-order valence-corrected chi connectivity index (χ0v) is 15.5. The number of carboxylic acid groups (broad SMARTS) is 1. The Morgan fingerprint density at radius 3 is 2.73 bits per heavy atom. The molecule has 0 atom stereocenters. The maximum Gasteiger partial charge on any atom is 0.347 e. The minimum atomic E-state index is -1.05. The van der Waals surface area contributed by atoms with Crippen molar-refractivity contribution in [2.24, 2.45) is 0 Å². The van der Waals surface area contributed by atoms with Crippen LogP contribution in [-0.4, -0.2) is 50.6 Å². The second-order valence-corrected chi connectivity index (χ2v) is 7.49. The second kappa shape index (κ2) is 7.92. The van der Waals surface area contributed by atoms with Gasteiger partial charge in [0, 0.05) is 5.92 Å². The summed E-state index contributed by atoms with van der Waals surface area (Å²) in [7, 11) is 1.78. The number of rotatable bonds is 7. The van der Waals surface area contributed by atoms with Gasteiger partial charge in [-0.05, 0) is 26.8 Å². The number of carbonyl (C=O) groups excluding carboxylic acids is 1. The molecule has 0 unspecified atom stereocenters. The summed E-state index contributed by atoms with van der Waals surface area (Å²) in [6, 6.07) is 0. The molecule has 1 amide bonds. The third kappa shape index (κ3) is 4.44. The van der Waals surface area contributed by atoms with Gasteiger partial charge in [0.2, 0.25) is 11.8 Å². The van der Waals surface area contributed by atoms with Crippen LogP contribution in [0.1, 0.15) is 58.7 Å². The average Bonchev–Trinajstić information content (AvgIpc) is 3.27. The number of aryl methyl sites for hydroxylation is 1. The van der Waals surface area contributed by atoms with E-state index in [4.69, 9.17) is 9.63 Å². The van der Waals surface area contributed by atoms with Gasteiger partial charge in [0.1, 0.15) is 4.88 Å². The molecule has 2 heterocycles. The van der Waals surface area contributed by atoms with Gasteiger partial charge in [-0.3, -0.25) is 9.69 Å². The molecule has 0 aliphatic heterocycles. The SMILES string of the molecule is Cc1nc(NC(=O)CN(C)Cc2noc(C3CCCC3)n2)sc1C(=O)O. The Bertz CT molecular complexity index is 796. The molecule has 140 valence electrons. The molecule has 1 saturated carbocycles. The van der Waals surface area contributed by atoms with Gasteiger partial charge in [-0.25, -0.2) is 9.78 Å². The first-order valence-corrected chi connectivity index (χ1v) is 9.25. The van der Waals surface area contributed by atoms with E-state index in [1.807, 2.05) is 0 Å². The van der Waals surface area contributed by atoms with Crippen molar-refractivity contribution < 1.29 is 19.2 Å². The molecule has 1 aliphatic carbocycles. The van der Waals surface area contributed by atoms with Crippen LogP contribution < -0.4 is 5.32 Å². The van der Waals surface area contributed by atoms with E-state index < -0.39 is 5.97 Å². The molecular weight excluding hydrogens is 358 g/mol. The number of nitrogens with zero attached hydrogens (tertiary/aromatic N) is 4. The summed E-state index contributed by atoms with van der Waals surface area (Å²) in [6.07, 6.45) is 4.57. The number of aromatic carboxylic acids is 1. The summed E-state index contributed by atoms with van der Waals surface area (Å²) in [6.45, 7) is 2.09. The highest BCUT2D eigenvalue weighted by molar-refractivity contribution is 7.17. The predicted octanol–water partition coefficient (Wildman–Crippen LogP) is 2.26. The maximum atomic E-state index is 12.1. The molecule has 2 N–H and O–H groups in total. The minimum Gasteiger partial charge on any atom is -0.477 e. The Morgan fingerprint density at radius 1 is 1.35 bits per heavy atom. The van der Waals surface area contributed by atoms with E-state index in [9.17, 15) is 9.59 Å². The van der Waals surface area contributed by atoms with Crippen LogP contribution in [0.25, 0.3) is 0 Å². The fourth-order valence-electron chi connectivity index (χ4n) is 3.02. The summed E-state index contributed by atoms with van der Waals surface area (Å²) in [4.78, 5) is 33.5. The topological polar surface area (TPSA) is 121 Å². The molecule has 3 rings (SSSR count). The van der Waals surface area contributed by atoms with Crippen LogP contribution >= 0.6 is 11.3 Å². The summed E-state index contributed by atoms with van der Waals surface area (Å²) < 4.78 is 5.34. The molecule has 2 aromatic rings. The molecule has 2 aromatic heterocycles. The lowest BCUT2D eigenvalue weighted by molar-refractivity contribution is -0.117. The van der Waals surface area contributed by atoms with Gasteiger partial charge < -0.3 is 14.9 Å². The fourth-order valence-corrected chi connectivity index (χ4v) is 3.84. The Hall–Kier alpha value is -2.33. The zero-order valence-electron chi connectivity index (χ0n) is 14.7. The molecule has 0 radical (unpaired) electrons. The van der Waals surface area contributed by atoms with Crippen molar-refractivity contribution in [1.29, 1.82) is 0 Å². The number of likely N-dealkylation sites (N-methyl/N-ethyl adjacent to an activating group) is 1. The Morgan fingerprint density at radius 2 is 2.08 bits per heavy atom. The molecule has 1 aliphatic rings. The molecular formula is C16H21N5O4S. The van der Waals surface area contributed by atoms with Crippen molar-refractivity contribution in [3.8, 4) is 0 Å². The number of hydrogen-bond donors (Lipinski definition) is 2. The van der Waals surface area contributed by atoms with Crippen LogP contribution in [0.4, 0.5) is 5.13 Å². The van der Waals surface area contributed by atoms with Gasteiger partial charge >= 0.3 is 5.97 Å². The number of amides is 1.